The highest BCUT2D eigenvalue weighted by molar-refractivity contribution is 6.05. The van der Waals surface area contributed by atoms with Gasteiger partial charge in [0, 0.05) is 17.9 Å². The average Bonchev–Trinajstić information content (AvgIpc) is 3.21. The first-order valence-corrected chi connectivity index (χ1v) is 15.0. The molecule has 8 atom stereocenters. The van der Waals surface area contributed by atoms with Crippen LogP contribution in [0, 0.1) is 33.8 Å². The normalized spacial score (nSPS) is 35.2. The zero-order valence-electron chi connectivity index (χ0n) is 25.3. The molecular formula is C32H43N3O8. The first-order valence-electron chi connectivity index (χ1n) is 15.0. The van der Waals surface area contributed by atoms with Gasteiger partial charge in [0.2, 0.25) is 5.69 Å². The summed E-state index contributed by atoms with van der Waals surface area (Å²) in [5.41, 5.74) is 1.36. The van der Waals surface area contributed by atoms with Crippen molar-refractivity contribution in [1.29, 1.82) is 0 Å². The number of hydrogen-bond donors (Lipinski definition) is 5. The number of carbonyl (C=O) groups is 2. The fraction of sp³-hybridized carbons (Fsp3) is 0.594. The van der Waals surface area contributed by atoms with Crippen molar-refractivity contribution >= 4 is 23.3 Å². The van der Waals surface area contributed by atoms with Crippen LogP contribution >= 0.6 is 0 Å². The summed E-state index contributed by atoms with van der Waals surface area (Å²) in [5.74, 6) is -0.0622. The summed E-state index contributed by atoms with van der Waals surface area (Å²) in [7, 11) is 1.19. The molecule has 0 aromatic heterocycles. The molecule has 0 bridgehead atoms. The van der Waals surface area contributed by atoms with Gasteiger partial charge in [0.05, 0.1) is 12.7 Å². The molecule has 0 aliphatic heterocycles. The maximum atomic E-state index is 12.6. The number of esters is 1. The third-order valence-electron chi connectivity index (χ3n) is 11.0. The van der Waals surface area contributed by atoms with Crippen LogP contribution in [-0.2, 0) is 25.6 Å². The van der Waals surface area contributed by atoms with Crippen LogP contribution in [0.2, 0.25) is 0 Å². The fourth-order valence-corrected chi connectivity index (χ4v) is 8.36. The highest BCUT2D eigenvalue weighted by atomic mass is 16.8. The molecule has 0 spiro atoms. The molecule has 11 heteroatoms. The quantitative estimate of drug-likeness (QED) is 0.173. The Morgan fingerprint density at radius 1 is 1.19 bits per heavy atom. The zero-order chi connectivity index (χ0) is 31.2. The Hall–Kier alpha value is -3.25. The Morgan fingerprint density at radius 2 is 1.93 bits per heavy atom. The maximum Gasteiger partial charge on any atom is 0.328 e. The number of benzene rings is 1. The Kier molecular flexibility index (Phi) is 8.47. The van der Waals surface area contributed by atoms with E-state index in [1.54, 1.807) is 0 Å². The molecule has 11 nitrogen and oxygen atoms in total. The Labute approximate surface area is 251 Å². The number of oxime groups is 1. The minimum atomic E-state index is -1.31. The van der Waals surface area contributed by atoms with Crippen LogP contribution < -0.4 is 10.5 Å². The van der Waals surface area contributed by atoms with Gasteiger partial charge in [-0.05, 0) is 92.4 Å². The summed E-state index contributed by atoms with van der Waals surface area (Å²) in [6.45, 7) is 6.20. The van der Waals surface area contributed by atoms with E-state index in [2.05, 4.69) is 36.5 Å². The van der Waals surface area contributed by atoms with E-state index < -0.39 is 41.1 Å². The van der Waals surface area contributed by atoms with Crippen LogP contribution in [0.15, 0.2) is 47.2 Å². The van der Waals surface area contributed by atoms with Crippen LogP contribution in [0.25, 0.3) is 0 Å². The molecule has 1 aromatic rings. The lowest BCUT2D eigenvalue weighted by molar-refractivity contribution is -0.991. The molecule has 0 saturated heterocycles. The number of aliphatic hydroxyl groups is 1. The van der Waals surface area contributed by atoms with Gasteiger partial charge in [-0.2, -0.15) is 5.23 Å². The Bertz CT molecular complexity index is 1350. The number of nitrogens with zero attached hydrogens (tertiary/aromatic N) is 1. The molecule has 0 radical (unpaired) electrons. The molecule has 1 aromatic carbocycles. The van der Waals surface area contributed by atoms with E-state index in [0.29, 0.717) is 29.0 Å². The van der Waals surface area contributed by atoms with Crippen molar-refractivity contribution in [2.45, 2.75) is 77.4 Å². The number of rotatable bonds is 8. The van der Waals surface area contributed by atoms with Crippen LogP contribution in [0.5, 0.6) is 5.75 Å². The number of fused-ring (bicyclic) bond motifs is 5. The lowest BCUT2D eigenvalue weighted by Gasteiger charge is -2.58. The number of methoxy groups -OCH3 is 1. The average molecular weight is 598 g/mol. The summed E-state index contributed by atoms with van der Waals surface area (Å²) in [5, 5.41) is 46.9. The second kappa shape index (κ2) is 11.7. The predicted octanol–water partition coefficient (Wildman–Crippen LogP) is 2.86. The van der Waals surface area contributed by atoms with Crippen molar-refractivity contribution in [2.75, 3.05) is 13.7 Å². The van der Waals surface area contributed by atoms with E-state index in [1.807, 2.05) is 13.0 Å². The Balaban J connectivity index is 1.20. The number of aromatic hydroxyl groups is 1. The van der Waals surface area contributed by atoms with Gasteiger partial charge < -0.3 is 30.3 Å². The summed E-state index contributed by atoms with van der Waals surface area (Å²) in [4.78, 5) is 30.3. The van der Waals surface area contributed by atoms with Gasteiger partial charge >= 0.3 is 5.97 Å². The van der Waals surface area contributed by atoms with Gasteiger partial charge in [-0.25, -0.2) is 10.0 Å². The fourth-order valence-electron chi connectivity index (χ4n) is 8.36. The molecule has 0 heterocycles. The van der Waals surface area contributed by atoms with E-state index >= 15 is 0 Å². The maximum absolute atomic E-state index is 12.6. The lowest BCUT2D eigenvalue weighted by atomic mass is 9.47. The largest absolute Gasteiger partial charge is 0.595 e. The zero-order valence-corrected chi connectivity index (χ0v) is 25.3. The molecule has 234 valence electrons. The highest BCUT2D eigenvalue weighted by Gasteiger charge is 2.62. The number of hydrogen-bond acceptors (Lipinski definition) is 9. The van der Waals surface area contributed by atoms with Crippen molar-refractivity contribution in [3.8, 4) is 5.75 Å². The van der Waals surface area contributed by atoms with E-state index in [4.69, 9.17) is 9.57 Å². The molecular weight excluding hydrogens is 554 g/mol. The lowest BCUT2D eigenvalue weighted by Crippen LogP contribution is -2.99. The van der Waals surface area contributed by atoms with Gasteiger partial charge in [-0.15, -0.1) is 0 Å². The summed E-state index contributed by atoms with van der Waals surface area (Å²) in [6.07, 6.45) is 12.3. The minimum absolute atomic E-state index is 0.0243. The van der Waals surface area contributed by atoms with Crippen molar-refractivity contribution in [3.05, 3.63) is 52.8 Å². The molecule has 1 amide bonds. The van der Waals surface area contributed by atoms with Gasteiger partial charge in [0.1, 0.15) is 11.8 Å². The van der Waals surface area contributed by atoms with Gasteiger partial charge in [-0.3, -0.25) is 4.79 Å². The predicted molar refractivity (Wildman–Crippen MR) is 157 cm³/mol. The monoisotopic (exact) mass is 597 g/mol. The van der Waals surface area contributed by atoms with Crippen LogP contribution in [0.1, 0.15) is 64.9 Å². The third-order valence-corrected chi connectivity index (χ3v) is 11.0. The van der Waals surface area contributed by atoms with Gasteiger partial charge in [-0.1, -0.05) is 36.7 Å². The topological polar surface area (TPSA) is 165 Å². The number of quaternary nitrogens is 1. The SMILES string of the molecule is COC(=O)C(Cc1ccc(O)c([NH+]([O-])O)c1)NC(=O)CON=C1C=C[C@@]2(C)C(=C1)CCC1C2CC[C@@]2(C)C1CC[C@]2(C)O. The van der Waals surface area contributed by atoms with Crippen molar-refractivity contribution in [2.24, 2.45) is 33.7 Å². The number of ether oxygens (including phenoxy) is 1. The number of allylic oxidation sites excluding steroid dienone is 4. The molecule has 5 rings (SSSR count). The number of phenols is 1. The first kappa shape index (κ1) is 31.2. The molecule has 43 heavy (non-hydrogen) atoms. The van der Waals surface area contributed by atoms with E-state index in [9.17, 15) is 30.2 Å². The molecule has 3 saturated carbocycles. The van der Waals surface area contributed by atoms with Crippen molar-refractivity contribution in [3.63, 3.8) is 0 Å². The van der Waals surface area contributed by atoms with Gasteiger partial charge in [0.15, 0.2) is 12.4 Å². The summed E-state index contributed by atoms with van der Waals surface area (Å²) in [6, 6.07) is 2.85. The number of nitrogens with one attached hydrogen (secondary N) is 2. The summed E-state index contributed by atoms with van der Waals surface area (Å²) < 4.78 is 4.81. The number of amides is 1. The van der Waals surface area contributed by atoms with E-state index in [1.165, 1.54) is 30.9 Å². The number of carbonyl (C=O) groups excluding carboxylic acids is 2. The molecule has 4 aliphatic carbocycles. The second-order valence-corrected chi connectivity index (χ2v) is 13.3. The van der Waals surface area contributed by atoms with E-state index in [-0.39, 0.29) is 22.9 Å². The molecule has 4 aliphatic rings. The van der Waals surface area contributed by atoms with E-state index in [0.717, 1.165) is 38.5 Å². The molecule has 3 fully saturated rings. The van der Waals surface area contributed by atoms with Crippen molar-refractivity contribution < 1.29 is 39.8 Å². The third kappa shape index (κ3) is 5.71. The second-order valence-electron chi connectivity index (χ2n) is 13.3. The standard InChI is InChI=1S/C32H43N3O8/c1-30-12-9-21(17-20(30)6-7-22-23(30)10-13-31(2)24(22)11-14-32(31,3)39)34-43-18-28(37)33-25(29(38)42-4)15-19-5-8-27(36)26(16-19)35(40)41/h5,8-9,12,16-17,22-25,35-36,39-40H,6-7,10-11,13-15,18H2,1-4H3,(H,33,37)/t22?,23?,24?,25?,30-,31-,32-/m0/s1. The van der Waals surface area contributed by atoms with Crippen LogP contribution in [0.3, 0.4) is 0 Å². The van der Waals surface area contributed by atoms with Gasteiger partial charge in [0.25, 0.3) is 5.91 Å². The van der Waals surface area contributed by atoms with Crippen molar-refractivity contribution in [1.82, 2.24) is 5.32 Å². The minimum Gasteiger partial charge on any atom is -0.595 e. The Morgan fingerprint density at radius 3 is 2.65 bits per heavy atom. The first-order chi connectivity index (χ1) is 20.3. The van der Waals surface area contributed by atoms with Crippen LogP contribution in [-0.4, -0.2) is 58.4 Å². The summed E-state index contributed by atoms with van der Waals surface area (Å²) >= 11 is 0. The van der Waals surface area contributed by atoms with Crippen LogP contribution in [0.4, 0.5) is 5.69 Å². The smallest absolute Gasteiger partial charge is 0.328 e. The molecule has 5 unspecified atom stereocenters. The highest BCUT2D eigenvalue weighted by Crippen LogP contribution is 2.66. The molecule has 5 N–H and O–H groups in total. The number of phenolic OH excluding ortho intramolecular Hbond substituents is 1.